The van der Waals surface area contributed by atoms with E-state index in [1.54, 1.807) is 12.4 Å². The number of ether oxygens (including phenoxy) is 3. The number of nitrogens with zero attached hydrogens (tertiary/aromatic N) is 4. The number of rotatable bonds is 12. The van der Waals surface area contributed by atoms with Crippen LogP contribution in [-0.4, -0.2) is 64.8 Å². The monoisotopic (exact) mass is 776 g/mol. The Morgan fingerprint density at radius 1 is 0.741 bits per heavy atom. The molecule has 5 aromatic carbocycles. The predicted octanol–water partition coefficient (Wildman–Crippen LogP) is 8.36. The van der Waals surface area contributed by atoms with Crippen LogP contribution in [0.3, 0.4) is 0 Å². The lowest BCUT2D eigenvalue weighted by atomic mass is 9.89. The first-order valence-corrected chi connectivity index (χ1v) is 19.8. The molecule has 2 saturated heterocycles. The van der Waals surface area contributed by atoms with Crippen molar-refractivity contribution >= 4 is 17.7 Å². The molecular formula is C47H48N6O5. The lowest BCUT2D eigenvalue weighted by Crippen LogP contribution is -2.51. The molecule has 0 saturated carbocycles. The fourth-order valence-corrected chi connectivity index (χ4v) is 7.45. The summed E-state index contributed by atoms with van der Waals surface area (Å²) in [5.74, 6) is 2.30. The third-order valence-electron chi connectivity index (χ3n) is 10.8. The highest BCUT2D eigenvalue weighted by atomic mass is 16.7. The van der Waals surface area contributed by atoms with Crippen LogP contribution in [0.15, 0.2) is 146 Å². The minimum Gasteiger partial charge on any atom is -0.457 e. The molecule has 4 atom stereocenters. The summed E-state index contributed by atoms with van der Waals surface area (Å²) in [5, 5.41) is 15.5. The van der Waals surface area contributed by atoms with Crippen molar-refractivity contribution in [3.05, 3.63) is 168 Å². The van der Waals surface area contributed by atoms with E-state index >= 15 is 0 Å². The molecule has 2 aliphatic rings. The molecule has 0 radical (unpaired) electrons. The number of carbonyl (C=O) groups excluding carboxylic acids is 1. The van der Waals surface area contributed by atoms with Gasteiger partial charge in [0, 0.05) is 68.8 Å². The lowest BCUT2D eigenvalue weighted by Gasteiger charge is -2.44. The van der Waals surface area contributed by atoms with Gasteiger partial charge in [-0.05, 0) is 76.3 Å². The summed E-state index contributed by atoms with van der Waals surface area (Å²) in [6.07, 6.45) is 2.75. The Kier molecular flexibility index (Phi) is 12.3. The molecule has 2 amide bonds. The molecule has 2 fully saturated rings. The van der Waals surface area contributed by atoms with E-state index in [1.165, 1.54) is 0 Å². The average Bonchev–Trinajstić information content (AvgIpc) is 3.28. The van der Waals surface area contributed by atoms with E-state index in [0.29, 0.717) is 18.0 Å². The first kappa shape index (κ1) is 38.7. The molecule has 1 aromatic heterocycles. The first-order chi connectivity index (χ1) is 28.5. The standard InChI is InChI=1S/C47H48N6O5/c1-33-43(31-52-25-27-53(28-26-52)46-48-23-6-24-49-46)57-45(58-44(33)37-13-11-34(32-54)12-14-37)38-17-15-36(16-18-38)39-8-5-7-35(29-39)30-50-47(55)51-40-19-21-42(22-20-40)56-41-9-3-2-4-10-41/h2-24,29,33,43-45,54H,25-28,30-32H2,1H3,(H2,50,51,55)/t33-,43+,44+,45+/m0/s1. The molecule has 3 N–H and O–H groups in total. The predicted molar refractivity (Wildman–Crippen MR) is 224 cm³/mol. The molecule has 0 aliphatic carbocycles. The zero-order chi connectivity index (χ0) is 39.7. The van der Waals surface area contributed by atoms with Crippen LogP contribution in [0.4, 0.5) is 16.4 Å². The maximum atomic E-state index is 12.8. The van der Waals surface area contributed by atoms with Crippen molar-refractivity contribution in [2.24, 2.45) is 5.92 Å². The van der Waals surface area contributed by atoms with Crippen LogP contribution >= 0.6 is 0 Å². The van der Waals surface area contributed by atoms with E-state index in [1.807, 2.05) is 84.9 Å². The maximum absolute atomic E-state index is 12.8. The van der Waals surface area contributed by atoms with Crippen molar-refractivity contribution in [1.29, 1.82) is 0 Å². The fourth-order valence-electron chi connectivity index (χ4n) is 7.45. The summed E-state index contributed by atoms with van der Waals surface area (Å²) in [5.41, 5.74) is 6.61. The highest BCUT2D eigenvalue weighted by Crippen LogP contribution is 2.42. The van der Waals surface area contributed by atoms with Crippen molar-refractivity contribution < 1.29 is 24.1 Å². The molecule has 2 aliphatic heterocycles. The van der Waals surface area contributed by atoms with E-state index in [9.17, 15) is 9.90 Å². The SMILES string of the molecule is C[C@H]1[C@@H](CN2CCN(c3ncccn3)CC2)O[C@@H](c2ccc(-c3cccc(CNC(=O)Nc4ccc(Oc5ccccc5)cc4)c3)cc2)O[C@H]1c1ccc(CO)cc1. The number of nitrogens with one attached hydrogen (secondary N) is 2. The van der Waals surface area contributed by atoms with Gasteiger partial charge in [-0.2, -0.15) is 0 Å². The van der Waals surface area contributed by atoms with Gasteiger partial charge in [0.25, 0.3) is 0 Å². The molecule has 6 aromatic rings. The van der Waals surface area contributed by atoms with Gasteiger partial charge >= 0.3 is 6.03 Å². The van der Waals surface area contributed by atoms with Gasteiger partial charge in [0.05, 0.1) is 18.8 Å². The molecule has 0 spiro atoms. The van der Waals surface area contributed by atoms with Crippen LogP contribution in [0, 0.1) is 5.92 Å². The van der Waals surface area contributed by atoms with Crippen LogP contribution < -0.4 is 20.3 Å². The number of aromatic nitrogens is 2. The van der Waals surface area contributed by atoms with E-state index in [4.69, 9.17) is 14.2 Å². The van der Waals surface area contributed by atoms with Gasteiger partial charge in [-0.25, -0.2) is 14.8 Å². The molecule has 58 heavy (non-hydrogen) atoms. The number of aliphatic hydroxyl groups excluding tert-OH is 1. The number of hydrogen-bond donors (Lipinski definition) is 3. The third-order valence-corrected chi connectivity index (χ3v) is 10.8. The fraction of sp³-hybridized carbons (Fsp3) is 0.255. The molecule has 3 heterocycles. The Labute approximate surface area is 339 Å². The Bertz CT molecular complexity index is 2220. The summed E-state index contributed by atoms with van der Waals surface area (Å²) in [7, 11) is 0. The van der Waals surface area contributed by atoms with Gasteiger partial charge in [0.1, 0.15) is 11.5 Å². The normalized spacial score (nSPS) is 19.7. The van der Waals surface area contributed by atoms with Crippen molar-refractivity contribution in [3.63, 3.8) is 0 Å². The van der Waals surface area contributed by atoms with E-state index in [0.717, 1.165) is 77.8 Å². The van der Waals surface area contributed by atoms with Crippen LogP contribution in [0.25, 0.3) is 11.1 Å². The van der Waals surface area contributed by atoms with E-state index < -0.39 is 6.29 Å². The molecule has 11 heteroatoms. The van der Waals surface area contributed by atoms with Crippen molar-refractivity contribution in [2.45, 2.75) is 38.6 Å². The quantitative estimate of drug-likeness (QED) is 0.113. The second-order valence-electron chi connectivity index (χ2n) is 14.7. The molecule has 296 valence electrons. The Balaban J connectivity index is 0.899. The second kappa shape index (κ2) is 18.4. The van der Waals surface area contributed by atoms with Crippen LogP contribution in [0.2, 0.25) is 0 Å². The van der Waals surface area contributed by atoms with Crippen LogP contribution in [-0.2, 0) is 22.6 Å². The summed E-state index contributed by atoms with van der Waals surface area (Å²) < 4.78 is 19.4. The van der Waals surface area contributed by atoms with Crippen LogP contribution in [0.5, 0.6) is 11.5 Å². The van der Waals surface area contributed by atoms with Gasteiger partial charge in [-0.3, -0.25) is 4.90 Å². The van der Waals surface area contributed by atoms with Gasteiger partial charge in [-0.1, -0.05) is 91.9 Å². The van der Waals surface area contributed by atoms with Gasteiger partial charge < -0.3 is 34.9 Å². The number of piperazine rings is 1. The Morgan fingerprint density at radius 3 is 2.17 bits per heavy atom. The smallest absolute Gasteiger partial charge is 0.319 e. The van der Waals surface area contributed by atoms with Gasteiger partial charge in [-0.15, -0.1) is 0 Å². The van der Waals surface area contributed by atoms with Crippen molar-refractivity contribution in [1.82, 2.24) is 20.2 Å². The molecule has 0 unspecified atom stereocenters. The third kappa shape index (κ3) is 9.70. The van der Waals surface area contributed by atoms with Crippen molar-refractivity contribution in [2.75, 3.05) is 42.9 Å². The molecule has 11 nitrogen and oxygen atoms in total. The number of aliphatic hydroxyl groups is 1. The summed E-state index contributed by atoms with van der Waals surface area (Å²) in [4.78, 5) is 26.3. The number of urea groups is 1. The number of benzene rings is 5. The lowest BCUT2D eigenvalue weighted by molar-refractivity contribution is -0.276. The second-order valence-corrected chi connectivity index (χ2v) is 14.7. The maximum Gasteiger partial charge on any atom is 0.319 e. The minimum absolute atomic E-state index is 0.00156. The van der Waals surface area contributed by atoms with E-state index in [-0.39, 0.29) is 30.8 Å². The first-order valence-electron chi connectivity index (χ1n) is 19.8. The minimum atomic E-state index is -0.557. The average molecular weight is 777 g/mol. The number of para-hydroxylation sites is 1. The topological polar surface area (TPSA) is 121 Å². The van der Waals surface area contributed by atoms with Gasteiger partial charge in [0.15, 0.2) is 6.29 Å². The summed E-state index contributed by atoms with van der Waals surface area (Å²) >= 11 is 0. The number of hydrogen-bond acceptors (Lipinski definition) is 9. The summed E-state index contributed by atoms with van der Waals surface area (Å²) in [6.45, 7) is 6.83. The number of amides is 2. The molecular weight excluding hydrogens is 729 g/mol. The van der Waals surface area contributed by atoms with Crippen molar-refractivity contribution in [3.8, 4) is 22.6 Å². The number of anilines is 2. The number of carbonyl (C=O) groups is 1. The zero-order valence-corrected chi connectivity index (χ0v) is 32.5. The largest absolute Gasteiger partial charge is 0.457 e. The van der Waals surface area contributed by atoms with E-state index in [2.05, 4.69) is 85.9 Å². The summed E-state index contributed by atoms with van der Waals surface area (Å²) in [6, 6.07) is 42.9. The molecule has 8 rings (SSSR count). The zero-order valence-electron chi connectivity index (χ0n) is 32.5. The Hall–Kier alpha value is -6.11. The van der Waals surface area contributed by atoms with Crippen LogP contribution in [0.1, 0.15) is 41.6 Å². The highest BCUT2D eigenvalue weighted by Gasteiger charge is 2.39. The highest BCUT2D eigenvalue weighted by molar-refractivity contribution is 5.89. The Morgan fingerprint density at radius 2 is 1.45 bits per heavy atom. The van der Waals surface area contributed by atoms with Gasteiger partial charge in [0.2, 0.25) is 5.95 Å². The molecule has 0 bridgehead atoms.